The Hall–Kier alpha value is -2.96. The molecule has 134 valence electrons. The molecule has 2 aromatic carbocycles. The number of fused-ring (bicyclic) bond motifs is 1. The molecule has 0 spiro atoms. The molecule has 0 aliphatic carbocycles. The van der Waals surface area contributed by atoms with E-state index < -0.39 is 5.91 Å². The monoisotopic (exact) mass is 351 g/mol. The molecule has 1 heterocycles. The Morgan fingerprint density at radius 1 is 1.12 bits per heavy atom. The largest absolute Gasteiger partial charge is 0.458 e. The second kappa shape index (κ2) is 7.51. The van der Waals surface area contributed by atoms with Crippen LogP contribution in [0.25, 0.3) is 22.0 Å². The van der Waals surface area contributed by atoms with Gasteiger partial charge < -0.3 is 4.74 Å². The smallest absolute Gasteiger partial charge is 0.280 e. The van der Waals surface area contributed by atoms with Crippen LogP contribution in [0.1, 0.15) is 17.3 Å². The van der Waals surface area contributed by atoms with Crippen molar-refractivity contribution in [3.05, 3.63) is 60.2 Å². The van der Waals surface area contributed by atoms with E-state index in [4.69, 9.17) is 4.74 Å². The fourth-order valence-corrected chi connectivity index (χ4v) is 2.71. The lowest BCUT2D eigenvalue weighted by Crippen LogP contribution is -2.32. The Labute approximate surface area is 152 Å². The molecule has 2 N–H and O–H groups in total. The quantitative estimate of drug-likeness (QED) is 0.419. The third kappa shape index (κ3) is 3.37. The van der Waals surface area contributed by atoms with Crippen molar-refractivity contribution in [3.63, 3.8) is 0 Å². The van der Waals surface area contributed by atoms with Gasteiger partial charge in [-0.25, -0.2) is 10.5 Å². The molecule has 3 rings (SSSR count). The van der Waals surface area contributed by atoms with Crippen LogP contribution in [0.5, 0.6) is 5.88 Å². The maximum Gasteiger partial charge on any atom is 0.280 e. The second-order valence-electron chi connectivity index (χ2n) is 6.17. The molecule has 26 heavy (non-hydrogen) atoms. The zero-order chi connectivity index (χ0) is 18.7. The van der Waals surface area contributed by atoms with Gasteiger partial charge in [0.2, 0.25) is 5.88 Å². The number of pyridine rings is 1. The molecular weight excluding hydrogens is 330 g/mol. The van der Waals surface area contributed by atoms with Crippen LogP contribution in [0.2, 0.25) is 0 Å². The van der Waals surface area contributed by atoms with Crippen LogP contribution in [0.3, 0.4) is 0 Å². The molecule has 0 fully saturated rings. The van der Waals surface area contributed by atoms with Crippen molar-refractivity contribution in [1.82, 2.24) is 15.4 Å². The van der Waals surface area contributed by atoms with Crippen LogP contribution in [0.4, 0.5) is 0 Å². The number of carbonyl (C=O) groups is 1. The van der Waals surface area contributed by atoms with E-state index in [2.05, 4.69) is 4.98 Å². The van der Waals surface area contributed by atoms with Crippen LogP contribution >= 0.6 is 0 Å². The summed E-state index contributed by atoms with van der Waals surface area (Å²) in [5.74, 6) is -0.488. The summed E-state index contributed by atoms with van der Waals surface area (Å²) in [6.07, 6.45) is -0.308. The molecule has 6 heteroatoms. The van der Waals surface area contributed by atoms with Crippen molar-refractivity contribution in [2.45, 2.75) is 13.2 Å². The van der Waals surface area contributed by atoms with Crippen LogP contribution in [-0.4, -0.2) is 41.3 Å². The van der Waals surface area contributed by atoms with Gasteiger partial charge in [-0.15, -0.1) is 0 Å². The van der Waals surface area contributed by atoms with Gasteiger partial charge in [-0.2, -0.15) is 0 Å². The Morgan fingerprint density at radius 3 is 2.42 bits per heavy atom. The number of benzene rings is 2. The van der Waals surface area contributed by atoms with E-state index in [0.29, 0.717) is 11.1 Å². The average Bonchev–Trinajstić information content (AvgIpc) is 2.66. The maximum atomic E-state index is 12.5. The Balaban J connectivity index is 2.35. The topological polar surface area (TPSA) is 74.7 Å². The second-order valence-corrected chi connectivity index (χ2v) is 6.17. The van der Waals surface area contributed by atoms with Crippen molar-refractivity contribution in [1.29, 1.82) is 0 Å². The van der Waals surface area contributed by atoms with E-state index in [1.165, 1.54) is 0 Å². The van der Waals surface area contributed by atoms with Crippen LogP contribution in [-0.2, 0) is 0 Å². The number of nitrogens with one attached hydrogen (secondary N) is 1. The van der Waals surface area contributed by atoms with E-state index in [1.807, 2.05) is 80.5 Å². The molecule has 1 atom stereocenters. The van der Waals surface area contributed by atoms with E-state index >= 15 is 0 Å². The molecule has 6 nitrogen and oxygen atoms in total. The highest BCUT2D eigenvalue weighted by atomic mass is 16.5. The first-order valence-corrected chi connectivity index (χ1v) is 8.28. The summed E-state index contributed by atoms with van der Waals surface area (Å²) in [6, 6.07) is 17.1. The predicted molar refractivity (Wildman–Crippen MR) is 100 cm³/mol. The van der Waals surface area contributed by atoms with Crippen LogP contribution in [0, 0.1) is 0 Å². The Kier molecular flexibility index (Phi) is 5.16. The fraction of sp³-hybridized carbons (Fsp3) is 0.200. The number of amides is 1. The number of aromatic nitrogens is 1. The van der Waals surface area contributed by atoms with Gasteiger partial charge in [0.15, 0.2) is 6.23 Å². The summed E-state index contributed by atoms with van der Waals surface area (Å²) in [6.45, 7) is 1.86. The zero-order valence-electron chi connectivity index (χ0n) is 14.9. The molecule has 1 aromatic heterocycles. The van der Waals surface area contributed by atoms with Gasteiger partial charge in [0, 0.05) is 10.9 Å². The minimum Gasteiger partial charge on any atom is -0.458 e. The summed E-state index contributed by atoms with van der Waals surface area (Å²) in [4.78, 5) is 18.9. The molecule has 0 bridgehead atoms. The highest BCUT2D eigenvalue weighted by Crippen LogP contribution is 2.36. The predicted octanol–water partition coefficient (Wildman–Crippen LogP) is 3.31. The number of para-hydroxylation sites is 1. The highest BCUT2D eigenvalue weighted by molar-refractivity contribution is 6.10. The van der Waals surface area contributed by atoms with Crippen molar-refractivity contribution < 1.29 is 14.7 Å². The lowest BCUT2D eigenvalue weighted by molar-refractivity contribution is 0.0645. The molecule has 0 aliphatic heterocycles. The Morgan fingerprint density at radius 2 is 1.77 bits per heavy atom. The first-order chi connectivity index (χ1) is 12.5. The van der Waals surface area contributed by atoms with E-state index in [-0.39, 0.29) is 17.7 Å². The maximum absolute atomic E-state index is 12.5. The van der Waals surface area contributed by atoms with Gasteiger partial charge in [-0.05, 0) is 32.6 Å². The number of hydroxylamine groups is 1. The number of hydrogen-bond acceptors (Lipinski definition) is 5. The lowest BCUT2D eigenvalue weighted by atomic mass is 9.95. The number of hydrogen-bond donors (Lipinski definition) is 2. The van der Waals surface area contributed by atoms with Crippen molar-refractivity contribution >= 4 is 16.8 Å². The van der Waals surface area contributed by atoms with Crippen LogP contribution < -0.4 is 10.2 Å². The first-order valence-electron chi connectivity index (χ1n) is 8.28. The van der Waals surface area contributed by atoms with Gasteiger partial charge in [0.05, 0.1) is 5.52 Å². The van der Waals surface area contributed by atoms with Gasteiger partial charge in [0.1, 0.15) is 5.56 Å². The Bertz CT molecular complexity index is 926. The summed E-state index contributed by atoms with van der Waals surface area (Å²) in [7, 11) is 3.74. The van der Waals surface area contributed by atoms with Gasteiger partial charge >= 0.3 is 0 Å². The molecule has 0 radical (unpaired) electrons. The van der Waals surface area contributed by atoms with Gasteiger partial charge in [-0.3, -0.25) is 14.9 Å². The first kappa shape index (κ1) is 17.8. The average molecular weight is 351 g/mol. The van der Waals surface area contributed by atoms with Crippen molar-refractivity contribution in [2.24, 2.45) is 0 Å². The molecule has 1 unspecified atom stereocenters. The van der Waals surface area contributed by atoms with Gasteiger partial charge in [-0.1, -0.05) is 48.5 Å². The lowest BCUT2D eigenvalue weighted by Gasteiger charge is -2.23. The summed E-state index contributed by atoms with van der Waals surface area (Å²) in [5.41, 5.74) is 4.15. The van der Waals surface area contributed by atoms with Crippen molar-refractivity contribution in [2.75, 3.05) is 14.1 Å². The third-order valence-electron chi connectivity index (χ3n) is 4.26. The van der Waals surface area contributed by atoms with Crippen molar-refractivity contribution in [3.8, 4) is 17.0 Å². The highest BCUT2D eigenvalue weighted by Gasteiger charge is 2.24. The minimum atomic E-state index is -0.664. The standard InChI is InChI=1S/C20H21N3O3/c1-13(23(2)3)26-20-18(19(24)22-25)17(14-9-5-4-6-10-14)15-11-7-8-12-16(15)21-20/h4-13,25H,1-3H3,(H,22,24). The van der Waals surface area contributed by atoms with Crippen LogP contribution in [0.15, 0.2) is 54.6 Å². The summed E-state index contributed by atoms with van der Waals surface area (Å²) >= 11 is 0. The SMILES string of the molecule is CC(Oc1nc2ccccc2c(-c2ccccc2)c1C(=O)NO)N(C)C. The zero-order valence-corrected chi connectivity index (χ0v) is 14.9. The molecular formula is C20H21N3O3. The van der Waals surface area contributed by atoms with Gasteiger partial charge in [0.25, 0.3) is 5.91 Å². The number of ether oxygens (including phenoxy) is 1. The number of nitrogens with zero attached hydrogens (tertiary/aromatic N) is 2. The number of carbonyl (C=O) groups excluding carboxylic acids is 1. The third-order valence-corrected chi connectivity index (χ3v) is 4.26. The molecule has 0 saturated carbocycles. The normalized spacial score (nSPS) is 12.2. The van der Waals surface area contributed by atoms with E-state index in [9.17, 15) is 10.0 Å². The van der Waals surface area contributed by atoms with E-state index in [1.54, 1.807) is 5.48 Å². The summed E-state index contributed by atoms with van der Waals surface area (Å²) in [5, 5.41) is 10.1. The summed E-state index contributed by atoms with van der Waals surface area (Å²) < 4.78 is 5.94. The fourth-order valence-electron chi connectivity index (χ4n) is 2.71. The molecule has 3 aromatic rings. The molecule has 1 amide bonds. The molecule has 0 aliphatic rings. The molecule has 0 saturated heterocycles. The minimum absolute atomic E-state index is 0.176. The number of rotatable bonds is 5. The van der Waals surface area contributed by atoms with E-state index in [0.717, 1.165) is 10.9 Å².